The van der Waals surface area contributed by atoms with Crippen molar-refractivity contribution in [2.45, 2.75) is 6.92 Å². The minimum absolute atomic E-state index is 0.163. The molecule has 8 heteroatoms. The number of hydrogen-bond acceptors (Lipinski definition) is 7. The monoisotopic (exact) mass is 426 g/mol. The van der Waals surface area contributed by atoms with Gasteiger partial charge in [0.1, 0.15) is 11.4 Å². The lowest BCUT2D eigenvalue weighted by Crippen LogP contribution is -2.34. The van der Waals surface area contributed by atoms with Crippen LogP contribution in [0.4, 0.5) is 5.69 Å². The maximum Gasteiger partial charge on any atom is 0.282 e. The topological polar surface area (TPSA) is 88.5 Å². The molecule has 3 rings (SSSR count). The van der Waals surface area contributed by atoms with Gasteiger partial charge in [-0.3, -0.25) is 9.59 Å². The normalized spacial score (nSPS) is 13.6. The number of imide groups is 1. The number of ether oxygens (including phenoxy) is 3. The third-order valence-corrected chi connectivity index (χ3v) is 4.95. The van der Waals surface area contributed by atoms with E-state index >= 15 is 0 Å². The van der Waals surface area contributed by atoms with E-state index in [0.29, 0.717) is 35.1 Å². The quantitative estimate of drug-likeness (QED) is 0.616. The van der Waals surface area contributed by atoms with Crippen LogP contribution in [0.5, 0.6) is 17.2 Å². The van der Waals surface area contributed by atoms with Gasteiger partial charge in [-0.05, 0) is 48.9 Å². The highest BCUT2D eigenvalue weighted by atomic mass is 16.5. The highest BCUT2D eigenvalue weighted by Gasteiger charge is 2.41. The molecule has 164 valence electrons. The third-order valence-electron chi connectivity index (χ3n) is 4.95. The number of carbonyl (C=O) groups is 2. The van der Waals surface area contributed by atoms with Gasteiger partial charge in [0.05, 0.1) is 38.7 Å². The molecule has 1 aliphatic heterocycles. The van der Waals surface area contributed by atoms with E-state index in [2.05, 4.69) is 0 Å². The summed E-state index contributed by atoms with van der Waals surface area (Å²) >= 11 is 0. The molecule has 1 N–H and O–H groups in total. The Hall–Kier alpha value is -3.52. The number of aliphatic hydroxyl groups is 1. The fraction of sp³-hybridized carbons (Fsp3) is 0.304. The van der Waals surface area contributed by atoms with Gasteiger partial charge in [0.25, 0.3) is 11.8 Å². The Kier molecular flexibility index (Phi) is 6.81. The predicted octanol–water partition coefficient (Wildman–Crippen LogP) is 2.31. The van der Waals surface area contributed by atoms with E-state index in [4.69, 9.17) is 14.2 Å². The molecular weight excluding hydrogens is 400 g/mol. The minimum Gasteiger partial charge on any atom is -0.494 e. The fourth-order valence-corrected chi connectivity index (χ4v) is 3.48. The minimum atomic E-state index is -0.463. The summed E-state index contributed by atoms with van der Waals surface area (Å²) in [5.41, 5.74) is 1.39. The first-order chi connectivity index (χ1) is 15.0. The van der Waals surface area contributed by atoms with Crippen molar-refractivity contribution < 1.29 is 28.9 Å². The maximum atomic E-state index is 13.5. The number of aliphatic hydroxyl groups excluding tert-OH is 1. The predicted molar refractivity (Wildman–Crippen MR) is 116 cm³/mol. The SMILES string of the molecule is CCOc1ccc(N2C(=O)C(c3ccc(OC)c(OC)c3)=C(N(C)CCO)C2=O)cc1. The van der Waals surface area contributed by atoms with Crippen LogP contribution in [-0.2, 0) is 9.59 Å². The molecule has 2 aromatic carbocycles. The second-order valence-electron chi connectivity index (χ2n) is 6.81. The Bertz CT molecular complexity index is 1000. The lowest BCUT2D eigenvalue weighted by molar-refractivity contribution is -0.120. The number of nitrogens with zero attached hydrogens (tertiary/aromatic N) is 2. The van der Waals surface area contributed by atoms with Gasteiger partial charge < -0.3 is 24.2 Å². The zero-order valence-electron chi connectivity index (χ0n) is 18.0. The Morgan fingerprint density at radius 3 is 2.23 bits per heavy atom. The first kappa shape index (κ1) is 22.2. The highest BCUT2D eigenvalue weighted by molar-refractivity contribution is 6.45. The molecule has 0 fully saturated rings. The second kappa shape index (κ2) is 9.53. The molecule has 0 saturated carbocycles. The van der Waals surface area contributed by atoms with Crippen molar-refractivity contribution in [2.75, 3.05) is 45.9 Å². The summed E-state index contributed by atoms with van der Waals surface area (Å²) in [5.74, 6) is 0.681. The van der Waals surface area contributed by atoms with E-state index in [1.165, 1.54) is 14.2 Å². The number of likely N-dealkylation sites (N-methyl/N-ethyl adjacent to an activating group) is 1. The second-order valence-corrected chi connectivity index (χ2v) is 6.81. The van der Waals surface area contributed by atoms with E-state index in [9.17, 15) is 14.7 Å². The van der Waals surface area contributed by atoms with Gasteiger partial charge in [-0.15, -0.1) is 0 Å². The van der Waals surface area contributed by atoms with Crippen molar-refractivity contribution in [2.24, 2.45) is 0 Å². The van der Waals surface area contributed by atoms with E-state index in [-0.39, 0.29) is 24.4 Å². The molecule has 1 aliphatic rings. The molecule has 0 aromatic heterocycles. The van der Waals surface area contributed by atoms with Crippen molar-refractivity contribution in [3.8, 4) is 17.2 Å². The molecule has 8 nitrogen and oxygen atoms in total. The molecule has 1 heterocycles. The molecule has 0 bridgehead atoms. The molecule has 0 atom stereocenters. The number of benzene rings is 2. The largest absolute Gasteiger partial charge is 0.494 e. The van der Waals surface area contributed by atoms with Gasteiger partial charge in [0, 0.05) is 13.6 Å². The van der Waals surface area contributed by atoms with Crippen molar-refractivity contribution in [1.29, 1.82) is 0 Å². The van der Waals surface area contributed by atoms with Crippen LogP contribution >= 0.6 is 0 Å². The molecule has 0 radical (unpaired) electrons. The highest BCUT2D eigenvalue weighted by Crippen LogP contribution is 2.38. The van der Waals surface area contributed by atoms with E-state index < -0.39 is 11.8 Å². The van der Waals surface area contributed by atoms with Crippen LogP contribution in [0.3, 0.4) is 0 Å². The molecule has 2 amide bonds. The number of carbonyl (C=O) groups excluding carboxylic acids is 2. The summed E-state index contributed by atoms with van der Waals surface area (Å²) in [4.78, 5) is 29.5. The van der Waals surface area contributed by atoms with Crippen molar-refractivity contribution in [3.63, 3.8) is 0 Å². The summed E-state index contributed by atoms with van der Waals surface area (Å²) in [6.07, 6.45) is 0. The lowest BCUT2D eigenvalue weighted by atomic mass is 10.0. The Labute approximate surface area is 181 Å². The first-order valence-corrected chi connectivity index (χ1v) is 9.87. The van der Waals surface area contributed by atoms with Crippen LogP contribution in [0, 0.1) is 0 Å². The number of rotatable bonds is 9. The molecule has 0 spiro atoms. The first-order valence-electron chi connectivity index (χ1n) is 9.87. The van der Waals surface area contributed by atoms with Crippen molar-refractivity contribution in [3.05, 3.63) is 53.7 Å². The molecule has 31 heavy (non-hydrogen) atoms. The number of hydrogen-bond donors (Lipinski definition) is 1. The number of methoxy groups -OCH3 is 2. The van der Waals surface area contributed by atoms with Crippen LogP contribution in [0.15, 0.2) is 48.2 Å². The molecule has 0 unspecified atom stereocenters. The van der Waals surface area contributed by atoms with Crippen molar-refractivity contribution >= 4 is 23.1 Å². The summed E-state index contributed by atoms with van der Waals surface area (Å²) in [6.45, 7) is 2.43. The smallest absolute Gasteiger partial charge is 0.282 e. The van der Waals surface area contributed by atoms with Gasteiger partial charge in [-0.1, -0.05) is 6.07 Å². The summed E-state index contributed by atoms with van der Waals surface area (Å²) in [5, 5.41) is 9.40. The van der Waals surface area contributed by atoms with Gasteiger partial charge in [-0.2, -0.15) is 0 Å². The fourth-order valence-electron chi connectivity index (χ4n) is 3.48. The third kappa shape index (κ3) is 4.20. The molecule has 2 aromatic rings. The molecular formula is C23H26N2O6. The maximum absolute atomic E-state index is 13.5. The van der Waals surface area contributed by atoms with Crippen LogP contribution in [-0.4, -0.2) is 62.8 Å². The van der Waals surface area contributed by atoms with Gasteiger partial charge in [0.15, 0.2) is 11.5 Å². The zero-order chi connectivity index (χ0) is 22.5. The Morgan fingerprint density at radius 2 is 1.65 bits per heavy atom. The zero-order valence-corrected chi connectivity index (χ0v) is 18.0. The Balaban J connectivity index is 2.09. The Morgan fingerprint density at radius 1 is 0.968 bits per heavy atom. The van der Waals surface area contributed by atoms with Crippen LogP contribution in [0.1, 0.15) is 12.5 Å². The molecule has 0 aliphatic carbocycles. The summed E-state index contributed by atoms with van der Waals surface area (Å²) in [7, 11) is 4.69. The van der Waals surface area contributed by atoms with Gasteiger partial charge in [-0.25, -0.2) is 4.90 Å². The summed E-state index contributed by atoms with van der Waals surface area (Å²) < 4.78 is 16.1. The van der Waals surface area contributed by atoms with E-state index in [0.717, 1.165) is 4.90 Å². The van der Waals surface area contributed by atoms with Gasteiger partial charge in [0.2, 0.25) is 0 Å². The average molecular weight is 426 g/mol. The number of anilines is 1. The average Bonchev–Trinajstić information content (AvgIpc) is 3.04. The molecule has 0 saturated heterocycles. The van der Waals surface area contributed by atoms with Crippen LogP contribution in [0.2, 0.25) is 0 Å². The van der Waals surface area contributed by atoms with Crippen LogP contribution < -0.4 is 19.1 Å². The van der Waals surface area contributed by atoms with E-state index in [1.807, 2.05) is 6.92 Å². The van der Waals surface area contributed by atoms with E-state index in [1.54, 1.807) is 54.4 Å². The van der Waals surface area contributed by atoms with Crippen molar-refractivity contribution in [1.82, 2.24) is 4.90 Å². The standard InChI is InChI=1S/C23H26N2O6/c1-5-31-17-9-7-16(8-10-17)25-22(27)20(21(23(25)28)24(2)12-13-26)15-6-11-18(29-3)19(14-15)30-4/h6-11,14,26H,5,12-13H2,1-4H3. The lowest BCUT2D eigenvalue weighted by Gasteiger charge is -2.20. The van der Waals surface area contributed by atoms with Gasteiger partial charge >= 0.3 is 0 Å². The summed E-state index contributed by atoms with van der Waals surface area (Å²) in [6, 6.07) is 11.8. The van der Waals surface area contributed by atoms with Crippen LogP contribution in [0.25, 0.3) is 5.57 Å². The number of amides is 2.